The van der Waals surface area contributed by atoms with E-state index in [1.165, 1.54) is 25.7 Å². The van der Waals surface area contributed by atoms with Gasteiger partial charge in [-0.25, -0.2) is 0 Å². The molecular weight excluding hydrogens is 524 g/mol. The van der Waals surface area contributed by atoms with Crippen LogP contribution in [0.15, 0.2) is 71.0 Å². The Labute approximate surface area is 216 Å². The third-order valence-corrected chi connectivity index (χ3v) is 8.58. The normalized spacial score (nSPS) is 26.0. The van der Waals surface area contributed by atoms with E-state index in [4.69, 9.17) is 30.4 Å². The summed E-state index contributed by atoms with van der Waals surface area (Å²) in [7, 11) is -1.82. The first kappa shape index (κ1) is 24.1. The number of nitrogens with zero attached hydrogens (tertiary/aromatic N) is 4. The predicted molar refractivity (Wildman–Crippen MR) is 140 cm³/mol. The van der Waals surface area contributed by atoms with E-state index >= 15 is 0 Å². The maximum absolute atomic E-state index is 11.3. The molecule has 2 saturated heterocycles. The molecule has 3 N–H and O–H groups in total. The number of aliphatic hydroxyl groups excluding tert-OH is 1. The van der Waals surface area contributed by atoms with Gasteiger partial charge in [0.25, 0.3) is 0 Å². The van der Waals surface area contributed by atoms with Crippen LogP contribution < -0.4 is 5.32 Å². The standard InChI is InChI=1S/C22H22BClN5O5PS/c23-35(31)32-10-15-18(34-35)17(30)21(33-15)29-20-16(28-22(29)36-14-8-6-12(24)7-9-14)19(25-11-26-20)27-13-4-2-1-3-5-13/h1-9,11,15,17-18,21,30-31,35H,10,23H2,(H,25,26,27)/t15-,17?,18+,21-/m1/s1. The number of rotatable bonds is 5. The van der Waals surface area contributed by atoms with Gasteiger partial charge in [0, 0.05) is 0 Å². The van der Waals surface area contributed by atoms with E-state index in [0.29, 0.717) is 27.2 Å². The molecule has 36 heavy (non-hydrogen) atoms. The van der Waals surface area contributed by atoms with E-state index in [2.05, 4.69) is 15.3 Å². The monoisotopic (exact) mass is 545 g/mol. The van der Waals surface area contributed by atoms with Gasteiger partial charge in [-0.3, -0.25) is 0 Å². The maximum atomic E-state index is 11.3. The number of hydrogen-bond acceptors (Lipinski definition) is 10. The third kappa shape index (κ3) is 4.60. The van der Waals surface area contributed by atoms with E-state index < -0.39 is 32.4 Å². The van der Waals surface area contributed by atoms with E-state index in [0.717, 1.165) is 10.6 Å². The van der Waals surface area contributed by atoms with Crippen molar-refractivity contribution < 1.29 is 23.8 Å². The molecule has 0 spiro atoms. The van der Waals surface area contributed by atoms with Crippen molar-refractivity contribution in [2.24, 2.45) is 0 Å². The Hall–Kier alpha value is -2.28. The second kappa shape index (κ2) is 9.55. The average Bonchev–Trinajstić information content (AvgIpc) is 3.38. The van der Waals surface area contributed by atoms with Gasteiger partial charge in [0.05, 0.1) is 0 Å². The van der Waals surface area contributed by atoms with E-state index in [1.807, 2.05) is 42.5 Å². The number of nitrogens with one attached hydrogen (secondary N) is 1. The number of aromatic nitrogens is 4. The fourth-order valence-electron chi connectivity index (χ4n) is 4.28. The number of imidazole rings is 1. The molecule has 2 aliphatic rings. The fourth-order valence-corrected chi connectivity index (χ4v) is 6.66. The van der Waals surface area contributed by atoms with Crippen LogP contribution in [-0.4, -0.2) is 62.0 Å². The minimum atomic E-state index is -3.34. The van der Waals surface area contributed by atoms with Crippen molar-refractivity contribution in [1.29, 1.82) is 0 Å². The van der Waals surface area contributed by atoms with Crippen LogP contribution >= 0.6 is 31.2 Å². The first-order chi connectivity index (χ1) is 17.4. The van der Waals surface area contributed by atoms with Gasteiger partial charge in [-0.15, -0.1) is 0 Å². The summed E-state index contributed by atoms with van der Waals surface area (Å²) in [5, 5.41) is 15.7. The number of anilines is 2. The van der Waals surface area contributed by atoms with Crippen LogP contribution in [0.2, 0.25) is 5.02 Å². The molecule has 2 fully saturated rings. The van der Waals surface area contributed by atoms with Crippen molar-refractivity contribution >= 4 is 61.4 Å². The molecule has 10 nitrogen and oxygen atoms in total. The molecule has 0 saturated carbocycles. The third-order valence-electron chi connectivity index (χ3n) is 5.94. The average molecular weight is 546 g/mol. The van der Waals surface area contributed by atoms with Crippen molar-refractivity contribution in [2.45, 2.75) is 34.6 Å². The van der Waals surface area contributed by atoms with Crippen molar-refractivity contribution in [3.8, 4) is 0 Å². The Morgan fingerprint density at radius 2 is 1.92 bits per heavy atom. The molecular formula is C22H22BClN5O5PS. The van der Waals surface area contributed by atoms with Crippen LogP contribution in [0.25, 0.3) is 11.2 Å². The van der Waals surface area contributed by atoms with Crippen molar-refractivity contribution in [2.75, 3.05) is 11.9 Å². The first-order valence-electron chi connectivity index (χ1n) is 11.2. The molecule has 2 aromatic carbocycles. The Bertz CT molecular complexity index is 1400. The molecule has 0 bridgehead atoms. The topological polar surface area (TPSA) is 124 Å². The summed E-state index contributed by atoms with van der Waals surface area (Å²) in [6.45, 7) is 0.125. The predicted octanol–water partition coefficient (Wildman–Crippen LogP) is 3.08. The number of hydrogen-bond donors (Lipinski definition) is 3. The summed E-state index contributed by atoms with van der Waals surface area (Å²) in [6.07, 6.45) is -1.80. The SMILES string of the molecule is B[PH]1(O)OC[C@H]2O[C@@H](n3c(Sc4ccc(Cl)cc4)nc4c(Nc5ccccc5)ncnc43)C(O)[C@H]2O1. The number of ether oxygens (including phenoxy) is 1. The van der Waals surface area contributed by atoms with Gasteiger partial charge in [-0.2, -0.15) is 0 Å². The van der Waals surface area contributed by atoms with Gasteiger partial charge in [-0.1, -0.05) is 6.07 Å². The number of halogens is 1. The fraction of sp³-hybridized carbons (Fsp3) is 0.227. The molecule has 4 atom stereocenters. The second-order valence-electron chi connectivity index (χ2n) is 8.55. The van der Waals surface area contributed by atoms with Crippen molar-refractivity contribution in [3.63, 3.8) is 0 Å². The molecule has 6 rings (SSSR count). The Morgan fingerprint density at radius 3 is 2.69 bits per heavy atom. The summed E-state index contributed by atoms with van der Waals surface area (Å²) in [4.78, 5) is 25.0. The van der Waals surface area contributed by atoms with Crippen LogP contribution in [0.3, 0.4) is 0 Å². The van der Waals surface area contributed by atoms with Gasteiger partial charge in [-0.05, 0) is 0 Å². The Kier molecular flexibility index (Phi) is 6.39. The summed E-state index contributed by atoms with van der Waals surface area (Å²) < 4.78 is 19.1. The van der Waals surface area contributed by atoms with Gasteiger partial charge < -0.3 is 0 Å². The van der Waals surface area contributed by atoms with E-state index in [1.54, 1.807) is 16.7 Å². The molecule has 0 aliphatic carbocycles. The zero-order valence-electron chi connectivity index (χ0n) is 19.0. The molecule has 2 aromatic heterocycles. The van der Waals surface area contributed by atoms with Crippen LogP contribution in [0.4, 0.5) is 11.5 Å². The molecule has 0 amide bonds. The quantitative estimate of drug-likeness (QED) is 0.255. The van der Waals surface area contributed by atoms with Gasteiger partial charge in [0.1, 0.15) is 0 Å². The van der Waals surface area contributed by atoms with E-state index in [9.17, 15) is 10.00 Å². The molecule has 4 heterocycles. The van der Waals surface area contributed by atoms with Crippen molar-refractivity contribution in [3.05, 3.63) is 65.9 Å². The zero-order valence-corrected chi connectivity index (χ0v) is 21.6. The summed E-state index contributed by atoms with van der Waals surface area (Å²) in [6, 6.07) is 17.0. The molecule has 2 aliphatic heterocycles. The van der Waals surface area contributed by atoms with Gasteiger partial charge >= 0.3 is 211 Å². The molecule has 1 unspecified atom stereocenters. The minimum absolute atomic E-state index is 0.125. The molecule has 4 aromatic rings. The van der Waals surface area contributed by atoms with Gasteiger partial charge in [0.15, 0.2) is 0 Å². The van der Waals surface area contributed by atoms with Crippen LogP contribution in [0.1, 0.15) is 6.23 Å². The van der Waals surface area contributed by atoms with Crippen molar-refractivity contribution in [1.82, 2.24) is 19.5 Å². The molecule has 0 radical (unpaired) electrons. The zero-order chi connectivity index (χ0) is 24.9. The number of para-hydroxylation sites is 1. The Morgan fingerprint density at radius 1 is 1.14 bits per heavy atom. The van der Waals surface area contributed by atoms with E-state index in [-0.39, 0.29) is 6.61 Å². The number of fused-ring (bicyclic) bond motifs is 2. The van der Waals surface area contributed by atoms with Crippen LogP contribution in [0.5, 0.6) is 0 Å². The molecule has 14 heteroatoms. The summed E-state index contributed by atoms with van der Waals surface area (Å²) in [5.41, 5.74) is 1.84. The second-order valence-corrected chi connectivity index (χ2v) is 12.3. The first-order valence-corrected chi connectivity index (χ1v) is 14.7. The summed E-state index contributed by atoms with van der Waals surface area (Å²) >= 11 is 7.45. The number of aliphatic hydroxyl groups is 1. The Balaban J connectivity index is 1.44. The summed E-state index contributed by atoms with van der Waals surface area (Å²) in [5.74, 6) is 0.516. The van der Waals surface area contributed by atoms with Crippen LogP contribution in [-0.2, 0) is 13.8 Å². The molecule has 186 valence electrons. The number of benzene rings is 2. The van der Waals surface area contributed by atoms with Gasteiger partial charge in [0.2, 0.25) is 0 Å². The van der Waals surface area contributed by atoms with Crippen LogP contribution in [0, 0.1) is 0 Å².